The highest BCUT2D eigenvalue weighted by molar-refractivity contribution is 6.99. The highest BCUT2D eigenvalue weighted by Gasteiger charge is 2.50. The lowest BCUT2D eigenvalue weighted by Crippen LogP contribution is -2.67. The van der Waals surface area contributed by atoms with Crippen LogP contribution in [0.4, 0.5) is 4.79 Å². The first-order chi connectivity index (χ1) is 17.5. The van der Waals surface area contributed by atoms with E-state index in [1.54, 1.807) is 4.90 Å². The van der Waals surface area contributed by atoms with E-state index in [1.807, 2.05) is 32.9 Å². The Morgan fingerprint density at radius 1 is 0.919 bits per heavy atom. The molecule has 1 heterocycles. The highest BCUT2D eigenvalue weighted by Crippen LogP contribution is 2.37. The highest BCUT2D eigenvalue weighted by atomic mass is 28.4. The van der Waals surface area contributed by atoms with Crippen molar-refractivity contribution in [3.05, 3.63) is 60.7 Å². The van der Waals surface area contributed by atoms with Crippen molar-refractivity contribution in [1.29, 1.82) is 0 Å². The summed E-state index contributed by atoms with van der Waals surface area (Å²) in [5.41, 5.74) is 5.17. The van der Waals surface area contributed by atoms with Crippen molar-refractivity contribution in [1.82, 2.24) is 4.90 Å². The number of hydrogen-bond acceptors (Lipinski definition) is 5. The topological polar surface area (TPSA) is 74.0 Å². The molecule has 1 saturated heterocycles. The molecule has 6 nitrogen and oxygen atoms in total. The molecular weight excluding hydrogens is 480 g/mol. The van der Waals surface area contributed by atoms with Crippen molar-refractivity contribution in [3.63, 3.8) is 0 Å². The first kappa shape index (κ1) is 29.4. The number of benzene rings is 2. The fourth-order valence-corrected chi connectivity index (χ4v) is 9.74. The molecule has 0 aliphatic carbocycles. The van der Waals surface area contributed by atoms with Gasteiger partial charge >= 0.3 is 6.09 Å². The van der Waals surface area contributed by atoms with Gasteiger partial charge in [-0.1, -0.05) is 81.4 Å². The lowest BCUT2D eigenvalue weighted by atomic mass is 10.1. The summed E-state index contributed by atoms with van der Waals surface area (Å²) in [6.07, 6.45) is 2.15. The molecule has 204 valence electrons. The van der Waals surface area contributed by atoms with E-state index in [2.05, 4.69) is 69.3 Å². The monoisotopic (exact) mass is 526 g/mol. The van der Waals surface area contributed by atoms with Crippen molar-refractivity contribution < 1.29 is 18.7 Å². The maximum absolute atomic E-state index is 13.0. The Kier molecular flexibility index (Phi) is 9.97. The van der Waals surface area contributed by atoms with Gasteiger partial charge in [-0.25, -0.2) is 4.79 Å². The smallest absolute Gasteiger partial charge is 0.410 e. The van der Waals surface area contributed by atoms with Gasteiger partial charge in [0.25, 0.3) is 8.32 Å². The molecule has 1 aliphatic heterocycles. The zero-order valence-corrected chi connectivity index (χ0v) is 24.5. The minimum atomic E-state index is -2.71. The molecule has 3 rings (SSSR count). The number of nitrogens with two attached hydrogens (primary N) is 1. The fraction of sp³-hybridized carbons (Fsp3) is 0.567. The van der Waals surface area contributed by atoms with Crippen molar-refractivity contribution in [3.8, 4) is 0 Å². The standard InChI is InChI=1S/C30H46N2O4Si/c1-29(2,3)36-28(33)32-21-24(15-13-14-20-31)35-25(22-32)23-34-37(30(4,5)6,26-16-9-7-10-17-26)27-18-11-8-12-19-27/h7-12,16-19,24-25H,13-15,20-23,31H2,1-6H3/t24?,25-/m0/s1. The maximum atomic E-state index is 13.0. The SMILES string of the molecule is CC(C)(C)OC(=O)N1CC(CCCCN)O[C@H](CO[Si](c2ccccc2)(c2ccccc2)C(C)(C)C)C1. The van der Waals surface area contributed by atoms with Gasteiger partial charge < -0.3 is 24.5 Å². The Morgan fingerprint density at radius 2 is 1.46 bits per heavy atom. The van der Waals surface area contributed by atoms with Crippen LogP contribution in [-0.2, 0) is 13.9 Å². The molecule has 2 aromatic rings. The van der Waals surface area contributed by atoms with Crippen LogP contribution in [0, 0.1) is 0 Å². The molecule has 1 amide bonds. The van der Waals surface area contributed by atoms with E-state index in [-0.39, 0.29) is 23.3 Å². The van der Waals surface area contributed by atoms with Crippen LogP contribution in [-0.4, -0.2) is 63.4 Å². The van der Waals surface area contributed by atoms with Crippen LogP contribution in [0.2, 0.25) is 5.04 Å². The summed E-state index contributed by atoms with van der Waals surface area (Å²) >= 11 is 0. The summed E-state index contributed by atoms with van der Waals surface area (Å²) in [5.74, 6) is 0. The van der Waals surface area contributed by atoms with Crippen LogP contribution in [0.25, 0.3) is 0 Å². The first-order valence-electron chi connectivity index (χ1n) is 13.5. The third-order valence-corrected chi connectivity index (χ3v) is 11.8. The van der Waals surface area contributed by atoms with E-state index >= 15 is 0 Å². The molecule has 1 unspecified atom stereocenters. The van der Waals surface area contributed by atoms with E-state index < -0.39 is 13.9 Å². The van der Waals surface area contributed by atoms with E-state index in [4.69, 9.17) is 19.6 Å². The molecule has 7 heteroatoms. The molecule has 2 aromatic carbocycles. The van der Waals surface area contributed by atoms with Gasteiger partial charge in [-0.3, -0.25) is 0 Å². The molecule has 0 aromatic heterocycles. The second kappa shape index (κ2) is 12.6. The Bertz CT molecular complexity index is 933. The quantitative estimate of drug-likeness (QED) is 0.379. The predicted molar refractivity (Wildman–Crippen MR) is 153 cm³/mol. The van der Waals surface area contributed by atoms with Crippen LogP contribution < -0.4 is 16.1 Å². The fourth-order valence-electron chi connectivity index (χ4n) is 5.15. The summed E-state index contributed by atoms with van der Waals surface area (Å²) in [4.78, 5) is 14.8. The Hall–Kier alpha value is -2.19. The van der Waals surface area contributed by atoms with Crippen molar-refractivity contribution in [2.45, 2.75) is 83.7 Å². The lowest BCUT2D eigenvalue weighted by Gasteiger charge is -2.45. The summed E-state index contributed by atoms with van der Waals surface area (Å²) in [5, 5.41) is 2.33. The number of unbranched alkanes of at least 4 members (excludes halogenated alkanes) is 1. The molecule has 1 fully saturated rings. The minimum absolute atomic E-state index is 0.0689. The number of amides is 1. The van der Waals surface area contributed by atoms with Gasteiger partial charge in [-0.05, 0) is 62.0 Å². The zero-order valence-electron chi connectivity index (χ0n) is 23.5. The lowest BCUT2D eigenvalue weighted by molar-refractivity contribution is -0.103. The van der Waals surface area contributed by atoms with Gasteiger partial charge in [0.05, 0.1) is 31.9 Å². The van der Waals surface area contributed by atoms with Crippen molar-refractivity contribution in [2.75, 3.05) is 26.2 Å². The van der Waals surface area contributed by atoms with Crippen LogP contribution in [0.1, 0.15) is 60.8 Å². The Balaban J connectivity index is 1.90. The number of nitrogens with zero attached hydrogens (tertiary/aromatic N) is 1. The average molecular weight is 527 g/mol. The van der Waals surface area contributed by atoms with Gasteiger partial charge in [0.15, 0.2) is 0 Å². The molecule has 2 atom stereocenters. The van der Waals surface area contributed by atoms with Gasteiger partial charge in [-0.15, -0.1) is 0 Å². The molecular formula is C30H46N2O4Si. The number of hydrogen-bond donors (Lipinski definition) is 1. The van der Waals surface area contributed by atoms with Gasteiger partial charge in [0.1, 0.15) is 5.60 Å². The Labute approximate surface area is 224 Å². The minimum Gasteiger partial charge on any atom is -0.444 e. The number of morpholine rings is 1. The van der Waals surface area contributed by atoms with Gasteiger partial charge in [-0.2, -0.15) is 0 Å². The molecule has 0 spiro atoms. The predicted octanol–water partition coefficient (Wildman–Crippen LogP) is 4.70. The number of rotatable bonds is 9. The van der Waals surface area contributed by atoms with Crippen LogP contribution in [0.5, 0.6) is 0 Å². The summed E-state index contributed by atoms with van der Waals surface area (Å²) in [7, 11) is -2.71. The van der Waals surface area contributed by atoms with Gasteiger partial charge in [0.2, 0.25) is 0 Å². The maximum Gasteiger partial charge on any atom is 0.410 e. The van der Waals surface area contributed by atoms with E-state index in [9.17, 15) is 4.79 Å². The largest absolute Gasteiger partial charge is 0.444 e. The summed E-state index contributed by atoms with van der Waals surface area (Å²) < 4.78 is 19.4. The molecule has 0 bridgehead atoms. The second-order valence-electron chi connectivity index (χ2n) is 12.0. The van der Waals surface area contributed by atoms with E-state index in [1.165, 1.54) is 10.4 Å². The van der Waals surface area contributed by atoms with Crippen molar-refractivity contribution >= 4 is 24.8 Å². The average Bonchev–Trinajstić information content (AvgIpc) is 2.84. The van der Waals surface area contributed by atoms with Gasteiger partial charge in [0, 0.05) is 0 Å². The molecule has 1 aliphatic rings. The third kappa shape index (κ3) is 7.66. The molecule has 37 heavy (non-hydrogen) atoms. The van der Waals surface area contributed by atoms with E-state index in [0.717, 1.165) is 19.3 Å². The molecule has 0 radical (unpaired) electrons. The zero-order chi connectivity index (χ0) is 27.1. The second-order valence-corrected chi connectivity index (χ2v) is 16.3. The molecule has 2 N–H and O–H groups in total. The molecule has 0 saturated carbocycles. The first-order valence-corrected chi connectivity index (χ1v) is 15.5. The Morgan fingerprint density at radius 3 is 1.95 bits per heavy atom. The number of carbonyl (C=O) groups is 1. The summed E-state index contributed by atoms with van der Waals surface area (Å²) in [6.45, 7) is 14.5. The van der Waals surface area contributed by atoms with Crippen LogP contribution >= 0.6 is 0 Å². The van der Waals surface area contributed by atoms with Crippen molar-refractivity contribution in [2.24, 2.45) is 5.73 Å². The van der Waals surface area contributed by atoms with E-state index in [0.29, 0.717) is 26.2 Å². The normalized spacial score (nSPS) is 19.1. The summed E-state index contributed by atoms with van der Waals surface area (Å²) in [6, 6.07) is 21.2. The number of ether oxygens (including phenoxy) is 2. The third-order valence-electron chi connectivity index (χ3n) is 6.77. The van der Waals surface area contributed by atoms with Crippen LogP contribution in [0.3, 0.4) is 0 Å². The number of carbonyl (C=O) groups excluding carboxylic acids is 1. The van der Waals surface area contributed by atoms with Crippen LogP contribution in [0.15, 0.2) is 60.7 Å².